The van der Waals surface area contributed by atoms with Crippen molar-refractivity contribution in [3.8, 4) is 0 Å². The smallest absolute Gasteiger partial charge is 0.822 e. The largest absolute Gasteiger partial charge is 1.00 e. The molecule has 0 spiro atoms. The second-order valence-corrected chi connectivity index (χ2v) is 1.40. The fourth-order valence-electron chi connectivity index (χ4n) is 0. The van der Waals surface area contributed by atoms with Gasteiger partial charge in [0.25, 0.3) is 0 Å². The summed E-state index contributed by atoms with van der Waals surface area (Å²) < 4.78 is 26.8. The topological polar surface area (TPSA) is 95.5 Å². The van der Waals surface area contributed by atoms with Crippen LogP contribution in [0.1, 0.15) is 0 Å². The van der Waals surface area contributed by atoms with Crippen LogP contribution in [-0.2, 0) is 9.71 Å². The summed E-state index contributed by atoms with van der Waals surface area (Å²) in [4.78, 5) is 25.6. The zero-order valence-corrected chi connectivity index (χ0v) is 7.14. The molecule has 0 aromatic heterocycles. The van der Waals surface area contributed by atoms with E-state index in [9.17, 15) is 0 Å². The van der Waals surface area contributed by atoms with Crippen molar-refractivity contribution < 1.29 is 63.0 Å². The van der Waals surface area contributed by atoms with E-state index in [2.05, 4.69) is 0 Å². The van der Waals surface area contributed by atoms with E-state index in [4.69, 9.17) is 28.3 Å². The molecule has 0 rings (SSSR count). The van der Waals surface area contributed by atoms with Crippen LogP contribution in [0.5, 0.6) is 0 Å². The maximum absolute atomic E-state index is 9.12. The molecule has 52 valence electrons. The van der Waals surface area contributed by atoms with Gasteiger partial charge in [0.1, 0.15) is 0 Å². The molecular formula is F2NaO5P-2. The number of phosphoric acid groups is 1. The Hall–Kier alpha value is 0.930. The van der Waals surface area contributed by atoms with Gasteiger partial charge in [-0.1, -0.05) is 0 Å². The van der Waals surface area contributed by atoms with Crippen molar-refractivity contribution in [1.29, 1.82) is 0 Å². The summed E-state index contributed by atoms with van der Waals surface area (Å²) in [6, 6.07) is 0. The van der Waals surface area contributed by atoms with Crippen LogP contribution in [0.15, 0.2) is 0 Å². The minimum absolute atomic E-state index is 0. The van der Waals surface area contributed by atoms with Crippen molar-refractivity contribution in [2.75, 3.05) is 0 Å². The Bertz CT molecular complexity index is 70.8. The monoisotopic (exact) mass is 172 g/mol. The van der Waals surface area contributed by atoms with E-state index in [-0.39, 0.29) is 29.6 Å². The molecule has 9 heteroatoms. The molecule has 0 amide bonds. The number of halogens is 2. The Kier molecular flexibility index (Phi) is 16.4. The van der Waals surface area contributed by atoms with E-state index in [0.717, 1.165) is 0 Å². The van der Waals surface area contributed by atoms with Crippen molar-refractivity contribution in [2.24, 2.45) is 0 Å². The summed E-state index contributed by atoms with van der Waals surface area (Å²) in [5.41, 5.74) is 0. The van der Waals surface area contributed by atoms with Gasteiger partial charge >= 0.3 is 29.6 Å². The Morgan fingerprint density at radius 2 is 1.22 bits per heavy atom. The van der Waals surface area contributed by atoms with Gasteiger partial charge in [0, 0.05) is 5.15 Å². The normalized spacial score (nSPS) is 8.56. The van der Waals surface area contributed by atoms with Crippen LogP contribution < -0.4 is 44.2 Å². The second-order valence-electron chi connectivity index (χ2n) is 0.506. The van der Waals surface area contributed by atoms with Gasteiger partial charge in [-0.15, -0.1) is 0 Å². The summed E-state index contributed by atoms with van der Waals surface area (Å²) >= 11 is 0. The van der Waals surface area contributed by atoms with Gasteiger partial charge in [-0.05, 0) is 9.05 Å². The van der Waals surface area contributed by atoms with E-state index in [1.165, 1.54) is 5.15 Å². The van der Waals surface area contributed by atoms with Crippen molar-refractivity contribution in [3.05, 3.63) is 0 Å². The molecule has 0 bridgehead atoms. The van der Waals surface area contributed by atoms with Crippen molar-refractivity contribution in [2.45, 2.75) is 0 Å². The van der Waals surface area contributed by atoms with E-state index >= 15 is 0 Å². The molecular weight excluding hydrogens is 172 g/mol. The van der Waals surface area contributed by atoms with Crippen LogP contribution in [0.4, 0.5) is 9.05 Å². The predicted molar refractivity (Wildman–Crippen MR) is 10.9 cm³/mol. The van der Waals surface area contributed by atoms with E-state index in [1.807, 2.05) is 0 Å². The molecule has 0 saturated heterocycles. The Balaban J connectivity index is -0.0000000800. The number of hydrogen-bond acceptors (Lipinski definition) is 5. The van der Waals surface area contributed by atoms with Gasteiger partial charge in [-0.2, -0.15) is 7.82 Å². The summed E-state index contributed by atoms with van der Waals surface area (Å²) in [6.07, 6.45) is 0. The third kappa shape index (κ3) is 496. The van der Waals surface area contributed by atoms with Crippen LogP contribution in [0.25, 0.3) is 0 Å². The Labute approximate surface area is 71.0 Å². The van der Waals surface area contributed by atoms with E-state index < -0.39 is 7.82 Å². The van der Waals surface area contributed by atoms with Crippen molar-refractivity contribution in [3.63, 3.8) is 0 Å². The first-order valence-corrected chi connectivity index (χ1v) is 2.50. The summed E-state index contributed by atoms with van der Waals surface area (Å²) in [5.74, 6) is 0. The molecule has 0 unspecified atom stereocenters. The van der Waals surface area contributed by atoms with E-state index in [0.29, 0.717) is 0 Å². The van der Waals surface area contributed by atoms with Crippen molar-refractivity contribution >= 4 is 7.82 Å². The Morgan fingerprint density at radius 1 is 1.22 bits per heavy atom. The molecule has 0 aromatic rings. The van der Waals surface area contributed by atoms with Crippen LogP contribution >= 0.6 is 7.82 Å². The fourth-order valence-corrected chi connectivity index (χ4v) is 0. The molecule has 0 fully saturated rings. The summed E-state index contributed by atoms with van der Waals surface area (Å²) in [7, 11) is -5.39. The fraction of sp³-hybridized carbons (Fsp3) is 0. The quantitative estimate of drug-likeness (QED) is 0.269. The van der Waals surface area contributed by atoms with Gasteiger partial charge in [-0.25, -0.2) is 0 Å². The number of rotatable bonds is 0. The average molecular weight is 172 g/mol. The molecule has 0 aromatic carbocycles. The number of hydrogen-bond donors (Lipinski definition) is 0. The average Bonchev–Trinajstić information content (AvgIpc) is 1.27. The van der Waals surface area contributed by atoms with Gasteiger partial charge in [0.2, 0.25) is 0 Å². The third-order valence-corrected chi connectivity index (χ3v) is 0. The molecule has 0 N–H and O–H groups in total. The first-order chi connectivity index (χ1) is 3.41. The molecule has 0 saturated carbocycles. The standard InChI is InChI=1S/F2O.Na.H3O4P/c1-3-2;;1-5(2,3)4/h;;(H3,1,2,3,4)/q;+1;/p-3. The van der Waals surface area contributed by atoms with Gasteiger partial charge in [-0.3, -0.25) is 0 Å². The zero-order chi connectivity index (χ0) is 7.21. The maximum Gasteiger partial charge on any atom is 1.00 e. The third-order valence-electron chi connectivity index (χ3n) is 0. The van der Waals surface area contributed by atoms with Crippen LogP contribution in [0.3, 0.4) is 0 Å². The first-order valence-electron chi connectivity index (χ1n) is 1.04. The minimum atomic E-state index is -5.39. The van der Waals surface area contributed by atoms with Crippen molar-refractivity contribution in [1.82, 2.24) is 0 Å². The maximum atomic E-state index is 9.12. The molecule has 0 aliphatic rings. The van der Waals surface area contributed by atoms with Crippen LogP contribution in [-0.4, -0.2) is 0 Å². The predicted octanol–water partition coefficient (Wildman–Crippen LogP) is -5.05. The molecule has 0 aliphatic heterocycles. The first kappa shape index (κ1) is 16.5. The molecule has 0 atom stereocenters. The molecule has 5 nitrogen and oxygen atoms in total. The van der Waals surface area contributed by atoms with Gasteiger partial charge in [0.15, 0.2) is 0 Å². The second kappa shape index (κ2) is 8.93. The molecule has 0 heterocycles. The molecule has 0 radical (unpaired) electrons. The molecule has 9 heavy (non-hydrogen) atoms. The molecule has 0 aliphatic carbocycles. The Morgan fingerprint density at radius 3 is 1.22 bits per heavy atom. The zero-order valence-electron chi connectivity index (χ0n) is 4.24. The van der Waals surface area contributed by atoms with E-state index in [1.54, 1.807) is 0 Å². The minimum Gasteiger partial charge on any atom is -0.822 e. The van der Waals surface area contributed by atoms with Crippen LogP contribution in [0, 0.1) is 0 Å². The summed E-state index contributed by atoms with van der Waals surface area (Å²) in [5, 5.41) is 1.25. The summed E-state index contributed by atoms with van der Waals surface area (Å²) in [6.45, 7) is 0. The van der Waals surface area contributed by atoms with Gasteiger partial charge < -0.3 is 19.2 Å². The van der Waals surface area contributed by atoms with Crippen LogP contribution in [0.2, 0.25) is 0 Å². The van der Waals surface area contributed by atoms with Gasteiger partial charge in [0.05, 0.1) is 0 Å². The SMILES string of the molecule is FOF.O=P([O-])([O-])[O-].[Na+].